The molecule has 3 aromatic rings. The zero-order valence-electron chi connectivity index (χ0n) is 13.3. The van der Waals surface area contributed by atoms with Crippen LogP contribution >= 0.6 is 0 Å². The van der Waals surface area contributed by atoms with Gasteiger partial charge in [-0.2, -0.15) is 0 Å². The summed E-state index contributed by atoms with van der Waals surface area (Å²) in [4.78, 5) is 28.2. The molecular formula is C16H16N4O4. The van der Waals surface area contributed by atoms with Crippen LogP contribution in [0.2, 0.25) is 0 Å². The van der Waals surface area contributed by atoms with E-state index < -0.39 is 0 Å². The minimum Gasteiger partial charge on any atom is -0.461 e. The van der Waals surface area contributed by atoms with E-state index in [4.69, 9.17) is 8.94 Å². The molecule has 24 heavy (non-hydrogen) atoms. The van der Waals surface area contributed by atoms with E-state index in [0.717, 1.165) is 0 Å². The van der Waals surface area contributed by atoms with Gasteiger partial charge in [0, 0.05) is 30.4 Å². The van der Waals surface area contributed by atoms with Crippen molar-refractivity contribution in [3.05, 3.63) is 58.1 Å². The second kappa shape index (κ2) is 6.53. The lowest BCUT2D eigenvalue weighted by atomic mass is 10.3. The Hall–Kier alpha value is -3.16. The molecule has 1 amide bonds. The van der Waals surface area contributed by atoms with Gasteiger partial charge in [-0.25, -0.2) is 4.98 Å². The molecule has 0 unspecified atom stereocenters. The second-order valence-electron chi connectivity index (χ2n) is 5.26. The maximum Gasteiger partial charge on any atom is 0.273 e. The lowest BCUT2D eigenvalue weighted by molar-refractivity contribution is 0.0943. The summed E-state index contributed by atoms with van der Waals surface area (Å²) in [6.45, 7) is 4.10. The van der Waals surface area contributed by atoms with E-state index in [0.29, 0.717) is 29.3 Å². The van der Waals surface area contributed by atoms with Gasteiger partial charge in [-0.05, 0) is 26.0 Å². The maximum absolute atomic E-state index is 12.1. The summed E-state index contributed by atoms with van der Waals surface area (Å²) in [5.74, 6) is 0.482. The number of furan rings is 1. The standard InChI is InChI=1S/C16H16N4O4/c1-10-11(2)18-9-20(16(10)22)6-5-17-15(21)12-8-14(24-19-12)13-4-3-7-23-13/h3-4,7-9H,5-6H2,1-2H3,(H,17,21). The van der Waals surface area contributed by atoms with Crippen LogP contribution < -0.4 is 10.9 Å². The van der Waals surface area contributed by atoms with Crippen molar-refractivity contribution in [2.24, 2.45) is 0 Å². The highest BCUT2D eigenvalue weighted by atomic mass is 16.5. The monoisotopic (exact) mass is 328 g/mol. The Morgan fingerprint density at radius 1 is 1.33 bits per heavy atom. The van der Waals surface area contributed by atoms with Crippen molar-refractivity contribution in [3.8, 4) is 11.5 Å². The maximum atomic E-state index is 12.1. The fourth-order valence-electron chi connectivity index (χ4n) is 2.13. The molecular weight excluding hydrogens is 312 g/mol. The quantitative estimate of drug-likeness (QED) is 0.762. The van der Waals surface area contributed by atoms with Gasteiger partial charge in [0.25, 0.3) is 11.5 Å². The Labute approximate surface area is 137 Å². The molecule has 0 saturated heterocycles. The summed E-state index contributed by atoms with van der Waals surface area (Å²) in [5.41, 5.74) is 1.34. The molecule has 1 N–H and O–H groups in total. The number of amides is 1. The van der Waals surface area contributed by atoms with Crippen LogP contribution in [0.3, 0.4) is 0 Å². The van der Waals surface area contributed by atoms with E-state index >= 15 is 0 Å². The summed E-state index contributed by atoms with van der Waals surface area (Å²) in [7, 11) is 0. The third-order valence-electron chi connectivity index (χ3n) is 3.66. The molecule has 0 aromatic carbocycles. The number of nitrogens with one attached hydrogen (secondary N) is 1. The zero-order valence-corrected chi connectivity index (χ0v) is 13.3. The zero-order chi connectivity index (χ0) is 17.1. The van der Waals surface area contributed by atoms with Gasteiger partial charge in [-0.1, -0.05) is 5.16 Å². The molecule has 0 bridgehead atoms. The van der Waals surface area contributed by atoms with Crippen molar-refractivity contribution in [2.75, 3.05) is 6.54 Å². The van der Waals surface area contributed by atoms with Crippen molar-refractivity contribution in [2.45, 2.75) is 20.4 Å². The molecule has 0 atom stereocenters. The first-order chi connectivity index (χ1) is 11.6. The van der Waals surface area contributed by atoms with Crippen LogP contribution in [0.5, 0.6) is 0 Å². The fraction of sp³-hybridized carbons (Fsp3) is 0.250. The number of hydrogen-bond donors (Lipinski definition) is 1. The average molecular weight is 328 g/mol. The lowest BCUT2D eigenvalue weighted by Crippen LogP contribution is -2.32. The molecule has 124 valence electrons. The summed E-state index contributed by atoms with van der Waals surface area (Å²) in [6.07, 6.45) is 2.98. The third kappa shape index (κ3) is 3.12. The summed E-state index contributed by atoms with van der Waals surface area (Å²) in [6, 6.07) is 4.92. The molecule has 3 heterocycles. The minimum atomic E-state index is -0.388. The van der Waals surface area contributed by atoms with Crippen LogP contribution in [0.4, 0.5) is 0 Å². The number of carbonyl (C=O) groups excluding carboxylic acids is 1. The van der Waals surface area contributed by atoms with E-state index in [1.54, 1.807) is 26.0 Å². The first-order valence-electron chi connectivity index (χ1n) is 7.37. The van der Waals surface area contributed by atoms with E-state index in [-0.39, 0.29) is 23.7 Å². The molecule has 0 aliphatic heterocycles. The van der Waals surface area contributed by atoms with Crippen LogP contribution in [-0.4, -0.2) is 27.2 Å². The van der Waals surface area contributed by atoms with Crippen molar-refractivity contribution in [1.29, 1.82) is 0 Å². The van der Waals surface area contributed by atoms with Crippen molar-refractivity contribution in [3.63, 3.8) is 0 Å². The van der Waals surface area contributed by atoms with Gasteiger partial charge >= 0.3 is 0 Å². The van der Waals surface area contributed by atoms with Crippen LogP contribution in [-0.2, 0) is 6.54 Å². The van der Waals surface area contributed by atoms with Gasteiger partial charge in [0.1, 0.15) is 0 Å². The Bertz CT molecular complexity index is 909. The number of aryl methyl sites for hydroxylation is 1. The van der Waals surface area contributed by atoms with E-state index in [9.17, 15) is 9.59 Å². The Morgan fingerprint density at radius 2 is 2.17 bits per heavy atom. The molecule has 8 nitrogen and oxygen atoms in total. The molecule has 0 spiro atoms. The first kappa shape index (κ1) is 15.7. The topological polar surface area (TPSA) is 103 Å². The number of hydrogen-bond acceptors (Lipinski definition) is 6. The molecule has 8 heteroatoms. The predicted molar refractivity (Wildman–Crippen MR) is 84.5 cm³/mol. The molecule has 0 aliphatic rings. The van der Waals surface area contributed by atoms with Crippen LogP contribution in [0.1, 0.15) is 21.7 Å². The summed E-state index contributed by atoms with van der Waals surface area (Å²) < 4.78 is 11.7. The highest BCUT2D eigenvalue weighted by Gasteiger charge is 2.14. The van der Waals surface area contributed by atoms with Gasteiger partial charge in [-0.3, -0.25) is 14.2 Å². The second-order valence-corrected chi connectivity index (χ2v) is 5.26. The first-order valence-corrected chi connectivity index (χ1v) is 7.37. The van der Waals surface area contributed by atoms with E-state index in [1.165, 1.54) is 23.2 Å². The smallest absolute Gasteiger partial charge is 0.273 e. The number of nitrogens with zero attached hydrogens (tertiary/aromatic N) is 3. The molecule has 0 fully saturated rings. The van der Waals surface area contributed by atoms with Crippen molar-refractivity contribution >= 4 is 5.91 Å². The Kier molecular flexibility index (Phi) is 4.28. The van der Waals surface area contributed by atoms with E-state index in [1.807, 2.05) is 0 Å². The largest absolute Gasteiger partial charge is 0.461 e. The van der Waals surface area contributed by atoms with Gasteiger partial charge in [-0.15, -0.1) is 0 Å². The van der Waals surface area contributed by atoms with E-state index in [2.05, 4.69) is 15.5 Å². The summed E-state index contributed by atoms with van der Waals surface area (Å²) in [5, 5.41) is 6.40. The average Bonchev–Trinajstić information content (AvgIpc) is 3.25. The highest BCUT2D eigenvalue weighted by molar-refractivity contribution is 5.92. The van der Waals surface area contributed by atoms with Crippen LogP contribution in [0.15, 0.2) is 44.5 Å². The fourth-order valence-corrected chi connectivity index (χ4v) is 2.13. The number of rotatable bonds is 5. The van der Waals surface area contributed by atoms with Crippen molar-refractivity contribution < 1.29 is 13.7 Å². The summed E-state index contributed by atoms with van der Waals surface area (Å²) >= 11 is 0. The highest BCUT2D eigenvalue weighted by Crippen LogP contribution is 2.20. The molecule has 0 radical (unpaired) electrons. The van der Waals surface area contributed by atoms with Crippen LogP contribution in [0.25, 0.3) is 11.5 Å². The Morgan fingerprint density at radius 3 is 2.92 bits per heavy atom. The number of aromatic nitrogens is 3. The lowest BCUT2D eigenvalue weighted by Gasteiger charge is -2.08. The minimum absolute atomic E-state index is 0.113. The van der Waals surface area contributed by atoms with Gasteiger partial charge in [0.15, 0.2) is 11.5 Å². The van der Waals surface area contributed by atoms with Crippen molar-refractivity contribution in [1.82, 2.24) is 20.0 Å². The van der Waals surface area contributed by atoms with Gasteiger partial charge < -0.3 is 14.3 Å². The molecule has 0 saturated carbocycles. The third-order valence-corrected chi connectivity index (χ3v) is 3.66. The van der Waals surface area contributed by atoms with Gasteiger partial charge in [0.05, 0.1) is 12.6 Å². The van der Waals surface area contributed by atoms with Gasteiger partial charge in [0.2, 0.25) is 5.76 Å². The molecule has 0 aliphatic carbocycles. The normalized spacial score (nSPS) is 10.8. The predicted octanol–water partition coefficient (Wildman–Crippen LogP) is 1.54. The number of carbonyl (C=O) groups is 1. The van der Waals surface area contributed by atoms with Crippen LogP contribution in [0, 0.1) is 13.8 Å². The molecule has 3 rings (SSSR count). The molecule has 3 aromatic heterocycles. The Balaban J connectivity index is 1.60. The SMILES string of the molecule is Cc1ncn(CCNC(=O)c2cc(-c3ccco3)on2)c(=O)c1C.